The summed E-state index contributed by atoms with van der Waals surface area (Å²) in [6.45, 7) is 4.13. The number of nitrogens with one attached hydrogen (secondary N) is 1. The lowest BCUT2D eigenvalue weighted by atomic mass is 10.3. The molecule has 0 radical (unpaired) electrons. The second-order valence-corrected chi connectivity index (χ2v) is 9.43. The Balaban J connectivity index is 1.61. The Labute approximate surface area is 131 Å². The fraction of sp³-hybridized carbons (Fsp3) is 0.733. The van der Waals surface area contributed by atoms with E-state index in [0.29, 0.717) is 29.3 Å². The summed E-state index contributed by atoms with van der Waals surface area (Å²) in [5.74, 6) is 0.585. The average molecular weight is 329 g/mol. The van der Waals surface area contributed by atoms with Gasteiger partial charge in [0.05, 0.1) is 0 Å². The topological polar surface area (TPSA) is 49.4 Å². The second kappa shape index (κ2) is 6.36. The zero-order chi connectivity index (χ0) is 14.9. The van der Waals surface area contributed by atoms with Crippen LogP contribution in [0.15, 0.2) is 16.3 Å². The van der Waals surface area contributed by atoms with E-state index in [4.69, 9.17) is 0 Å². The minimum atomic E-state index is -3.28. The van der Waals surface area contributed by atoms with Gasteiger partial charge in [-0.1, -0.05) is 6.92 Å². The molecule has 0 spiro atoms. The molecule has 118 valence electrons. The molecule has 2 saturated carbocycles. The lowest BCUT2D eigenvalue weighted by Crippen LogP contribution is -2.32. The summed E-state index contributed by atoms with van der Waals surface area (Å²) in [6, 6.07) is 4.46. The first-order valence-electron chi connectivity index (χ1n) is 7.92. The number of thiophene rings is 1. The molecular formula is C15H24N2O2S2. The SMILES string of the molecule is CCN(CC1CC1)S(=O)(=O)c1ccc(CCNC2CC2)s1. The van der Waals surface area contributed by atoms with Gasteiger partial charge in [-0.3, -0.25) is 0 Å². The molecule has 2 aliphatic carbocycles. The van der Waals surface area contributed by atoms with Crippen LogP contribution in [0.4, 0.5) is 0 Å². The van der Waals surface area contributed by atoms with E-state index < -0.39 is 10.0 Å². The summed E-state index contributed by atoms with van der Waals surface area (Å²) < 4.78 is 27.5. The Bertz CT molecular complexity index is 574. The van der Waals surface area contributed by atoms with Gasteiger partial charge in [0, 0.05) is 30.6 Å². The second-order valence-electron chi connectivity index (χ2n) is 6.10. The summed E-state index contributed by atoms with van der Waals surface area (Å²) in [7, 11) is -3.28. The molecule has 1 N–H and O–H groups in total. The molecule has 6 heteroatoms. The first-order valence-corrected chi connectivity index (χ1v) is 10.2. The lowest BCUT2D eigenvalue weighted by molar-refractivity contribution is 0.413. The number of hydrogen-bond acceptors (Lipinski definition) is 4. The fourth-order valence-electron chi connectivity index (χ4n) is 2.43. The predicted octanol–water partition coefficient (Wildman–Crippen LogP) is 2.46. The lowest BCUT2D eigenvalue weighted by Gasteiger charge is -2.19. The summed E-state index contributed by atoms with van der Waals surface area (Å²) in [5, 5.41) is 3.47. The first-order chi connectivity index (χ1) is 10.1. The van der Waals surface area contributed by atoms with Crippen LogP contribution in [-0.2, 0) is 16.4 Å². The molecule has 0 atom stereocenters. The Morgan fingerprint density at radius 2 is 2.05 bits per heavy atom. The Morgan fingerprint density at radius 1 is 1.29 bits per heavy atom. The van der Waals surface area contributed by atoms with Gasteiger partial charge in [-0.25, -0.2) is 8.42 Å². The van der Waals surface area contributed by atoms with Crippen LogP contribution in [0, 0.1) is 5.92 Å². The summed E-state index contributed by atoms with van der Waals surface area (Å²) in [4.78, 5) is 1.16. The Morgan fingerprint density at radius 3 is 2.67 bits per heavy atom. The minimum absolute atomic E-state index is 0.506. The van der Waals surface area contributed by atoms with Gasteiger partial charge in [-0.2, -0.15) is 4.31 Å². The number of hydrogen-bond donors (Lipinski definition) is 1. The Kier molecular flexibility index (Phi) is 4.69. The third-order valence-corrected chi connectivity index (χ3v) is 7.68. The number of sulfonamides is 1. The van der Waals surface area contributed by atoms with Crippen LogP contribution >= 0.6 is 11.3 Å². The van der Waals surface area contributed by atoms with Gasteiger partial charge in [0.1, 0.15) is 4.21 Å². The largest absolute Gasteiger partial charge is 0.314 e. The van der Waals surface area contributed by atoms with Gasteiger partial charge in [0.15, 0.2) is 0 Å². The van der Waals surface area contributed by atoms with Crippen molar-refractivity contribution in [1.82, 2.24) is 9.62 Å². The molecule has 0 aromatic carbocycles. The molecule has 2 aliphatic rings. The van der Waals surface area contributed by atoms with Crippen molar-refractivity contribution in [2.45, 2.75) is 49.3 Å². The van der Waals surface area contributed by atoms with E-state index in [1.807, 2.05) is 13.0 Å². The molecule has 2 fully saturated rings. The standard InChI is InChI=1S/C15H24N2O2S2/c1-2-17(11-12-3-4-12)21(18,19)15-8-7-14(20-15)9-10-16-13-5-6-13/h7-8,12-13,16H,2-6,9-11H2,1H3. The van der Waals surface area contributed by atoms with Crippen LogP contribution < -0.4 is 5.32 Å². The van der Waals surface area contributed by atoms with Crippen molar-refractivity contribution in [2.24, 2.45) is 5.92 Å². The highest BCUT2D eigenvalue weighted by atomic mass is 32.2. The van der Waals surface area contributed by atoms with E-state index in [9.17, 15) is 8.42 Å². The van der Waals surface area contributed by atoms with Crippen molar-refractivity contribution in [3.8, 4) is 0 Å². The van der Waals surface area contributed by atoms with Crippen molar-refractivity contribution in [3.63, 3.8) is 0 Å². The van der Waals surface area contributed by atoms with E-state index in [0.717, 1.165) is 17.8 Å². The first kappa shape index (κ1) is 15.5. The zero-order valence-electron chi connectivity index (χ0n) is 12.5. The molecule has 1 aromatic rings. The third kappa shape index (κ3) is 4.06. The molecule has 0 amide bonds. The molecule has 3 rings (SSSR count). The summed E-state index contributed by atoms with van der Waals surface area (Å²) >= 11 is 1.43. The molecule has 1 heterocycles. The van der Waals surface area contributed by atoms with E-state index in [1.165, 1.54) is 37.0 Å². The van der Waals surface area contributed by atoms with E-state index in [2.05, 4.69) is 5.32 Å². The fourth-order valence-corrected chi connectivity index (χ4v) is 5.47. The van der Waals surface area contributed by atoms with Crippen LogP contribution in [0.3, 0.4) is 0 Å². The quantitative estimate of drug-likeness (QED) is 0.757. The predicted molar refractivity (Wildman–Crippen MR) is 86.2 cm³/mol. The Hall–Kier alpha value is -0.430. The highest BCUT2D eigenvalue weighted by molar-refractivity contribution is 7.91. The highest BCUT2D eigenvalue weighted by Gasteiger charge is 2.31. The van der Waals surface area contributed by atoms with Gasteiger partial charge in [0.2, 0.25) is 0 Å². The van der Waals surface area contributed by atoms with Gasteiger partial charge in [0.25, 0.3) is 10.0 Å². The van der Waals surface area contributed by atoms with Gasteiger partial charge in [-0.15, -0.1) is 11.3 Å². The van der Waals surface area contributed by atoms with Crippen molar-refractivity contribution in [2.75, 3.05) is 19.6 Å². The minimum Gasteiger partial charge on any atom is -0.314 e. The highest BCUT2D eigenvalue weighted by Crippen LogP contribution is 2.33. The summed E-state index contributed by atoms with van der Waals surface area (Å²) in [6.07, 6.45) is 5.85. The van der Waals surface area contributed by atoms with Crippen molar-refractivity contribution < 1.29 is 8.42 Å². The molecule has 0 bridgehead atoms. The monoisotopic (exact) mass is 328 g/mol. The molecule has 0 unspecified atom stereocenters. The molecule has 0 aliphatic heterocycles. The van der Waals surface area contributed by atoms with Crippen LogP contribution in [0.1, 0.15) is 37.5 Å². The van der Waals surface area contributed by atoms with Gasteiger partial charge in [-0.05, 0) is 50.2 Å². The van der Waals surface area contributed by atoms with E-state index >= 15 is 0 Å². The molecule has 1 aromatic heterocycles. The van der Waals surface area contributed by atoms with Crippen LogP contribution in [0.25, 0.3) is 0 Å². The summed E-state index contributed by atoms with van der Waals surface area (Å²) in [5.41, 5.74) is 0. The zero-order valence-corrected chi connectivity index (χ0v) is 14.2. The number of nitrogens with zero attached hydrogens (tertiary/aromatic N) is 1. The van der Waals surface area contributed by atoms with Crippen molar-refractivity contribution in [1.29, 1.82) is 0 Å². The molecule has 0 saturated heterocycles. The number of rotatable bonds is 9. The molecule has 21 heavy (non-hydrogen) atoms. The van der Waals surface area contributed by atoms with E-state index in [-0.39, 0.29) is 0 Å². The molecular weight excluding hydrogens is 304 g/mol. The van der Waals surface area contributed by atoms with Crippen LogP contribution in [0.2, 0.25) is 0 Å². The smallest absolute Gasteiger partial charge is 0.252 e. The maximum atomic E-state index is 12.7. The van der Waals surface area contributed by atoms with Gasteiger partial charge < -0.3 is 5.32 Å². The normalized spacial score (nSPS) is 19.3. The van der Waals surface area contributed by atoms with E-state index in [1.54, 1.807) is 10.4 Å². The van der Waals surface area contributed by atoms with Crippen LogP contribution in [-0.4, -0.2) is 38.4 Å². The average Bonchev–Trinajstić information content (AvgIpc) is 3.37. The van der Waals surface area contributed by atoms with Crippen molar-refractivity contribution in [3.05, 3.63) is 17.0 Å². The van der Waals surface area contributed by atoms with Crippen LogP contribution in [0.5, 0.6) is 0 Å². The maximum Gasteiger partial charge on any atom is 0.252 e. The van der Waals surface area contributed by atoms with Crippen molar-refractivity contribution >= 4 is 21.4 Å². The molecule has 4 nitrogen and oxygen atoms in total. The third-order valence-electron chi connectivity index (χ3n) is 4.12. The maximum absolute atomic E-state index is 12.7. The van der Waals surface area contributed by atoms with Gasteiger partial charge >= 0.3 is 0 Å².